The molecule has 0 saturated heterocycles. The molecule has 8 nitrogen and oxygen atoms in total. The van der Waals surface area contributed by atoms with Crippen LogP contribution in [0.5, 0.6) is 0 Å². The standard InChI is InChI=1S/C59H101N2O6P/c1-6-8-10-12-14-16-17-18-19-20-21-22-23-24-25-26-27-28-29-30-31-32-33-34-35-36-37-38-39-40-41-42-43-45-47-49-51-53-59(63)60-57(56-67-68(64,65)66-55-54-61(3,4)5)58(62)52-50-48-46-44-15-13-11-9-7-2/h7-10,14-16,18-19,21-22,24-25,27-28,30-31,44,50,52,57-58,62H,6,11-13,17,20,23,26,29,32-43,45-49,51,53-56H2,1-5H3,(H-,60,63,64,65)/b9-7+,10-8-,16-14-,19-18-,22-21-,25-24-,28-27-,31-30-,44-15+,52-50+. The third-order valence-electron chi connectivity index (χ3n) is 11.2. The zero-order valence-electron chi connectivity index (χ0n) is 44.0. The lowest BCUT2D eigenvalue weighted by molar-refractivity contribution is -0.870. The topological polar surface area (TPSA) is 108 Å². The smallest absolute Gasteiger partial charge is 0.268 e. The molecule has 0 spiro atoms. The highest BCUT2D eigenvalue weighted by Crippen LogP contribution is 2.38. The summed E-state index contributed by atoms with van der Waals surface area (Å²) in [5.41, 5.74) is 0. The van der Waals surface area contributed by atoms with Crippen molar-refractivity contribution in [1.29, 1.82) is 0 Å². The highest BCUT2D eigenvalue weighted by atomic mass is 31.2. The maximum Gasteiger partial charge on any atom is 0.268 e. The highest BCUT2D eigenvalue weighted by molar-refractivity contribution is 7.45. The number of phosphoric ester groups is 1. The van der Waals surface area contributed by atoms with Gasteiger partial charge in [0.1, 0.15) is 13.2 Å². The Labute approximate surface area is 418 Å². The van der Waals surface area contributed by atoms with Gasteiger partial charge in [-0.3, -0.25) is 9.36 Å². The van der Waals surface area contributed by atoms with Crippen molar-refractivity contribution in [3.05, 3.63) is 122 Å². The fourth-order valence-corrected chi connectivity index (χ4v) is 7.78. The van der Waals surface area contributed by atoms with E-state index in [0.717, 1.165) is 89.9 Å². The number of phosphoric acid groups is 1. The number of hydrogen-bond donors (Lipinski definition) is 2. The van der Waals surface area contributed by atoms with Gasteiger partial charge in [-0.2, -0.15) is 0 Å². The van der Waals surface area contributed by atoms with E-state index in [1.807, 2.05) is 40.2 Å². The van der Waals surface area contributed by atoms with Gasteiger partial charge < -0.3 is 28.8 Å². The minimum Gasteiger partial charge on any atom is -0.756 e. The van der Waals surface area contributed by atoms with Gasteiger partial charge >= 0.3 is 0 Å². The fraction of sp³-hybridized carbons (Fsp3) is 0.644. The van der Waals surface area contributed by atoms with Crippen LogP contribution in [0.3, 0.4) is 0 Å². The molecule has 3 atom stereocenters. The third-order valence-corrected chi connectivity index (χ3v) is 12.2. The average Bonchev–Trinajstić information content (AvgIpc) is 3.30. The number of carbonyl (C=O) groups is 1. The quantitative estimate of drug-likeness (QED) is 0.0272. The molecule has 0 rings (SSSR count). The maximum absolute atomic E-state index is 12.9. The van der Waals surface area contributed by atoms with Crippen LogP contribution in [-0.4, -0.2) is 68.5 Å². The molecule has 1 amide bonds. The van der Waals surface area contributed by atoms with Crippen molar-refractivity contribution in [1.82, 2.24) is 5.32 Å². The summed E-state index contributed by atoms with van der Waals surface area (Å²) in [7, 11) is 1.22. The number of rotatable bonds is 47. The predicted octanol–water partition coefficient (Wildman–Crippen LogP) is 15.6. The minimum atomic E-state index is -4.60. The van der Waals surface area contributed by atoms with Gasteiger partial charge in [0, 0.05) is 6.42 Å². The Hall–Kier alpha value is -3.10. The van der Waals surface area contributed by atoms with Gasteiger partial charge in [-0.1, -0.05) is 212 Å². The SMILES string of the molecule is C/C=C/CC/C=C/CC/C=C/C(O)C(COP(=O)([O-])OCC[N+](C)(C)C)NC(=O)CCCCCCCCCCCCCCCCC/C=C\C/C=C\C/C=C\C/C=C\C/C=C\C/C=C\C/C=C\CC. The van der Waals surface area contributed by atoms with Crippen molar-refractivity contribution in [2.24, 2.45) is 0 Å². The monoisotopic (exact) mass is 965 g/mol. The van der Waals surface area contributed by atoms with Crippen LogP contribution in [0.1, 0.15) is 194 Å². The molecule has 0 radical (unpaired) electrons. The molecule has 9 heteroatoms. The van der Waals surface area contributed by atoms with Crippen LogP contribution in [0.4, 0.5) is 0 Å². The number of aliphatic hydroxyl groups excluding tert-OH is 1. The van der Waals surface area contributed by atoms with E-state index in [-0.39, 0.29) is 12.5 Å². The van der Waals surface area contributed by atoms with Gasteiger partial charge in [0.25, 0.3) is 7.82 Å². The normalized spacial score (nSPS) is 15.0. The van der Waals surface area contributed by atoms with Crippen LogP contribution in [0, 0.1) is 0 Å². The van der Waals surface area contributed by atoms with Gasteiger partial charge in [-0.25, -0.2) is 0 Å². The summed E-state index contributed by atoms with van der Waals surface area (Å²) in [5, 5.41) is 13.7. The van der Waals surface area contributed by atoms with E-state index in [1.165, 1.54) is 83.5 Å². The molecule has 2 N–H and O–H groups in total. The molecule has 388 valence electrons. The number of amides is 1. The maximum atomic E-state index is 12.9. The van der Waals surface area contributed by atoms with Crippen LogP contribution < -0.4 is 10.2 Å². The van der Waals surface area contributed by atoms with Gasteiger partial charge in [-0.05, 0) is 96.8 Å². The fourth-order valence-electron chi connectivity index (χ4n) is 7.05. The van der Waals surface area contributed by atoms with E-state index >= 15 is 0 Å². The van der Waals surface area contributed by atoms with Crippen LogP contribution in [-0.2, 0) is 18.4 Å². The minimum absolute atomic E-state index is 0.0142. The van der Waals surface area contributed by atoms with Crippen molar-refractivity contribution in [2.45, 2.75) is 206 Å². The number of hydrogen-bond acceptors (Lipinski definition) is 6. The van der Waals surface area contributed by atoms with E-state index < -0.39 is 26.6 Å². The van der Waals surface area contributed by atoms with Crippen molar-refractivity contribution in [2.75, 3.05) is 40.9 Å². The first-order valence-corrected chi connectivity index (χ1v) is 28.3. The summed E-state index contributed by atoms with van der Waals surface area (Å²) in [4.78, 5) is 25.3. The molecular formula is C59H101N2O6P. The summed E-state index contributed by atoms with van der Waals surface area (Å²) < 4.78 is 23.1. The summed E-state index contributed by atoms with van der Waals surface area (Å²) in [5.74, 6) is -0.220. The second-order valence-corrected chi connectivity index (χ2v) is 20.3. The van der Waals surface area contributed by atoms with Crippen LogP contribution in [0.25, 0.3) is 0 Å². The number of nitrogens with zero attached hydrogens (tertiary/aromatic N) is 1. The molecule has 68 heavy (non-hydrogen) atoms. The number of carbonyl (C=O) groups excluding carboxylic acids is 1. The Morgan fingerprint density at radius 3 is 1.37 bits per heavy atom. The Bertz CT molecular complexity index is 1510. The summed E-state index contributed by atoms with van der Waals surface area (Å²) in [6.45, 7) is 4.24. The summed E-state index contributed by atoms with van der Waals surface area (Å²) in [6, 6.07) is -0.914. The number of quaternary nitrogens is 1. The third kappa shape index (κ3) is 50.8. The first-order valence-electron chi connectivity index (χ1n) is 26.9. The van der Waals surface area contributed by atoms with Gasteiger partial charge in [0.2, 0.25) is 5.91 Å². The first kappa shape index (κ1) is 64.9. The first-order chi connectivity index (χ1) is 33.0. The molecule has 0 aromatic carbocycles. The molecule has 3 unspecified atom stereocenters. The van der Waals surface area contributed by atoms with Crippen molar-refractivity contribution in [3.63, 3.8) is 0 Å². The van der Waals surface area contributed by atoms with Crippen LogP contribution in [0.15, 0.2) is 122 Å². The molecule has 0 saturated carbocycles. The summed E-state index contributed by atoms with van der Waals surface area (Å²) in [6.07, 6.45) is 73.2. The summed E-state index contributed by atoms with van der Waals surface area (Å²) >= 11 is 0. The second-order valence-electron chi connectivity index (χ2n) is 18.8. The Morgan fingerprint density at radius 2 is 0.926 bits per heavy atom. The second kappa shape index (κ2) is 48.9. The largest absolute Gasteiger partial charge is 0.756 e. The van der Waals surface area contributed by atoms with E-state index in [2.05, 4.69) is 116 Å². The Morgan fingerprint density at radius 1 is 0.544 bits per heavy atom. The lowest BCUT2D eigenvalue weighted by atomic mass is 10.0. The van der Waals surface area contributed by atoms with Gasteiger partial charge in [0.15, 0.2) is 0 Å². The molecule has 0 bridgehead atoms. The van der Waals surface area contributed by atoms with E-state index in [4.69, 9.17) is 9.05 Å². The van der Waals surface area contributed by atoms with Crippen molar-refractivity contribution in [3.8, 4) is 0 Å². The zero-order valence-corrected chi connectivity index (χ0v) is 44.9. The molecule has 0 aromatic rings. The van der Waals surface area contributed by atoms with E-state index in [0.29, 0.717) is 17.4 Å². The Balaban J connectivity index is 3.98. The van der Waals surface area contributed by atoms with E-state index in [1.54, 1.807) is 6.08 Å². The van der Waals surface area contributed by atoms with Crippen molar-refractivity contribution >= 4 is 13.7 Å². The molecular weight excluding hydrogens is 864 g/mol. The molecule has 0 aromatic heterocycles. The van der Waals surface area contributed by atoms with Gasteiger partial charge in [-0.15, -0.1) is 0 Å². The number of likely N-dealkylation sites (N-methyl/N-ethyl adjacent to an activating group) is 1. The van der Waals surface area contributed by atoms with Crippen LogP contribution in [0.2, 0.25) is 0 Å². The molecule has 0 heterocycles. The number of allylic oxidation sites excluding steroid dienone is 19. The zero-order chi connectivity index (χ0) is 49.9. The lowest BCUT2D eigenvalue weighted by Crippen LogP contribution is -2.45. The lowest BCUT2D eigenvalue weighted by Gasteiger charge is -2.29. The molecule has 0 aliphatic carbocycles. The van der Waals surface area contributed by atoms with Crippen LogP contribution >= 0.6 is 7.82 Å². The van der Waals surface area contributed by atoms with E-state index in [9.17, 15) is 19.4 Å². The van der Waals surface area contributed by atoms with Crippen molar-refractivity contribution < 1.29 is 32.9 Å². The predicted molar refractivity (Wildman–Crippen MR) is 292 cm³/mol. The highest BCUT2D eigenvalue weighted by Gasteiger charge is 2.23. The molecule has 0 aliphatic heterocycles. The Kier molecular flexibility index (Phi) is 46.7. The molecule has 0 fully saturated rings. The number of nitrogens with one attached hydrogen (secondary N) is 1. The number of unbranched alkanes of at least 4 members (excludes halogenated alkanes) is 17. The van der Waals surface area contributed by atoms with Gasteiger partial charge in [0.05, 0.1) is 39.9 Å². The average molecular weight is 965 g/mol. The number of aliphatic hydroxyl groups is 1. The molecule has 0 aliphatic rings.